The van der Waals surface area contributed by atoms with E-state index in [9.17, 15) is 26.3 Å². The third-order valence-electron chi connectivity index (χ3n) is 14.9. The number of hydrogen-bond acceptors (Lipinski definition) is 3. The van der Waals surface area contributed by atoms with Crippen LogP contribution in [-0.2, 0) is 12.4 Å². The summed E-state index contributed by atoms with van der Waals surface area (Å²) in [5.41, 5.74) is 11.7. The highest BCUT2D eigenvalue weighted by molar-refractivity contribution is 6.12. The Morgan fingerprint density at radius 1 is 0.329 bits per heavy atom. The Kier molecular flexibility index (Phi) is 11.7. The minimum Gasteiger partial charge on any atom is -0.309 e. The van der Waals surface area contributed by atoms with Crippen LogP contribution >= 0.6 is 0 Å². The quantitative estimate of drug-likeness (QED) is 0.143. The average Bonchev–Trinajstić information content (AvgIpc) is 4.23. The monoisotopic (exact) mass is 1050 g/mol. The van der Waals surface area contributed by atoms with Crippen LogP contribution < -0.4 is 0 Å². The summed E-state index contributed by atoms with van der Waals surface area (Å²) in [4.78, 5) is 15.5. The zero-order chi connectivity index (χ0) is 54.3. The number of benzene rings is 10. The molecule has 0 radical (unpaired) electrons. The van der Waals surface area contributed by atoms with Crippen LogP contribution in [0.3, 0.4) is 0 Å². The van der Waals surface area contributed by atoms with E-state index in [1.165, 1.54) is 12.1 Å². The molecule has 0 aliphatic rings. The van der Waals surface area contributed by atoms with Gasteiger partial charge < -0.3 is 9.13 Å². The molecule has 0 atom stereocenters. The van der Waals surface area contributed by atoms with Crippen molar-refractivity contribution in [3.63, 3.8) is 0 Å². The maximum absolute atomic E-state index is 14.7. The van der Waals surface area contributed by atoms with Gasteiger partial charge >= 0.3 is 12.4 Å². The molecule has 0 aliphatic carbocycles. The van der Waals surface area contributed by atoms with Crippen LogP contribution in [0.15, 0.2) is 218 Å². The van der Waals surface area contributed by atoms with E-state index in [4.69, 9.17) is 15.0 Å². The van der Waals surface area contributed by atoms with Gasteiger partial charge in [-0.1, -0.05) is 145 Å². The summed E-state index contributed by atoms with van der Waals surface area (Å²) in [6.45, 7) is 5.41. The lowest BCUT2D eigenvalue weighted by Crippen LogP contribution is -2.07. The van der Waals surface area contributed by atoms with Crippen molar-refractivity contribution < 1.29 is 26.3 Å². The third-order valence-corrected chi connectivity index (χ3v) is 14.9. The van der Waals surface area contributed by atoms with Crippen LogP contribution in [0.25, 0.3) is 123 Å². The molecule has 0 fully saturated rings. The molecular weight excluding hydrogens is 1000 g/mol. The Balaban J connectivity index is 1.07. The van der Waals surface area contributed by atoms with Gasteiger partial charge in [-0.05, 0) is 139 Å². The van der Waals surface area contributed by atoms with Crippen molar-refractivity contribution in [2.45, 2.75) is 33.1 Å². The predicted molar refractivity (Wildman–Crippen MR) is 305 cm³/mol. The molecule has 0 aliphatic heterocycles. The summed E-state index contributed by atoms with van der Waals surface area (Å²) in [5, 5.41) is 3.54. The number of aromatic nitrogens is 5. The largest absolute Gasteiger partial charge is 0.417 e. The van der Waals surface area contributed by atoms with Gasteiger partial charge in [0.1, 0.15) is 0 Å². The zero-order valence-corrected chi connectivity index (χ0v) is 42.8. The van der Waals surface area contributed by atoms with Gasteiger partial charge in [-0.3, -0.25) is 0 Å². The van der Waals surface area contributed by atoms with Gasteiger partial charge in [0.2, 0.25) is 0 Å². The fourth-order valence-electron chi connectivity index (χ4n) is 11.2. The maximum atomic E-state index is 14.7. The predicted octanol–water partition coefficient (Wildman–Crippen LogP) is 19.0. The molecule has 0 N–H and O–H groups in total. The Morgan fingerprint density at radius 2 is 0.835 bits per heavy atom. The Hall–Kier alpha value is -9.61. The first-order valence-corrected chi connectivity index (χ1v) is 25.7. The van der Waals surface area contributed by atoms with E-state index in [1.54, 1.807) is 38.1 Å². The summed E-state index contributed by atoms with van der Waals surface area (Å²) in [5.74, 6) is 1.42. The van der Waals surface area contributed by atoms with Crippen LogP contribution in [0, 0.1) is 20.8 Å². The van der Waals surface area contributed by atoms with Gasteiger partial charge in [-0.25, -0.2) is 15.0 Å². The van der Waals surface area contributed by atoms with Crippen LogP contribution in [-0.4, -0.2) is 24.1 Å². The van der Waals surface area contributed by atoms with Crippen LogP contribution in [0.5, 0.6) is 0 Å². The highest BCUT2D eigenvalue weighted by Crippen LogP contribution is 2.45. The highest BCUT2D eigenvalue weighted by atomic mass is 19.4. The molecule has 384 valence electrons. The molecule has 13 aromatic rings. The van der Waals surface area contributed by atoms with E-state index < -0.39 is 23.5 Å². The Labute approximate surface area is 450 Å². The molecule has 11 heteroatoms. The molecule has 3 heterocycles. The third kappa shape index (κ3) is 8.68. The number of nitrogens with zero attached hydrogens (tertiary/aromatic N) is 5. The second kappa shape index (κ2) is 18.8. The fraction of sp³-hybridized carbons (Fsp3) is 0.0735. The molecule has 79 heavy (non-hydrogen) atoms. The molecule has 13 rings (SSSR count). The van der Waals surface area contributed by atoms with Gasteiger partial charge in [-0.15, -0.1) is 0 Å². The van der Waals surface area contributed by atoms with E-state index in [2.05, 4.69) is 57.7 Å². The lowest BCUT2D eigenvalue weighted by Gasteiger charge is -2.20. The van der Waals surface area contributed by atoms with Gasteiger partial charge in [0.05, 0.1) is 38.9 Å². The van der Waals surface area contributed by atoms with Crippen LogP contribution in [0.1, 0.15) is 27.8 Å². The summed E-state index contributed by atoms with van der Waals surface area (Å²) >= 11 is 0. The van der Waals surface area contributed by atoms with E-state index in [0.29, 0.717) is 39.7 Å². The fourth-order valence-corrected chi connectivity index (χ4v) is 11.2. The van der Waals surface area contributed by atoms with E-state index in [-0.39, 0.29) is 5.56 Å². The average molecular weight is 1050 g/mol. The highest BCUT2D eigenvalue weighted by Gasteiger charge is 2.34. The number of alkyl halides is 6. The molecule has 0 bridgehead atoms. The van der Waals surface area contributed by atoms with E-state index in [1.807, 2.05) is 134 Å². The molecular formula is C68H45F6N5. The maximum Gasteiger partial charge on any atom is 0.417 e. The summed E-state index contributed by atoms with van der Waals surface area (Å²) in [7, 11) is 0. The van der Waals surface area contributed by atoms with Crippen molar-refractivity contribution in [1.82, 2.24) is 24.1 Å². The molecule has 10 aromatic carbocycles. The van der Waals surface area contributed by atoms with Crippen LogP contribution in [0.4, 0.5) is 26.3 Å². The van der Waals surface area contributed by atoms with Gasteiger partial charge in [0, 0.05) is 49.5 Å². The van der Waals surface area contributed by atoms with Crippen molar-refractivity contribution in [3.8, 4) is 78.9 Å². The number of para-hydroxylation sites is 2. The number of fused-ring (bicyclic) bond motifs is 6. The Bertz CT molecular complexity index is 4500. The number of aryl methyl sites for hydroxylation is 3. The smallest absolute Gasteiger partial charge is 0.309 e. The van der Waals surface area contributed by atoms with Gasteiger partial charge in [0.15, 0.2) is 17.5 Å². The lowest BCUT2D eigenvalue weighted by atomic mass is 9.94. The van der Waals surface area contributed by atoms with Crippen molar-refractivity contribution in [3.05, 3.63) is 246 Å². The van der Waals surface area contributed by atoms with Gasteiger partial charge in [0.25, 0.3) is 0 Å². The SMILES string of the molecule is Cc1ccc(-n2c3ccccc3c3cc(-c4ccc(C)cc4C(F)(F)F)ccc32)c(-c2cc(-n3c4ccccc4c4cc(-c5ccc(C(F)(F)F)cc5C)ccc43)ccc2-c2nc(-c3ccccc3)nc(-c3ccccc3)n2)c1. The molecule has 0 unspecified atom stereocenters. The summed E-state index contributed by atoms with van der Waals surface area (Å²) in [6, 6.07) is 68.1. The normalized spacial score (nSPS) is 12.1. The van der Waals surface area contributed by atoms with Gasteiger partial charge in [-0.2, -0.15) is 26.3 Å². The van der Waals surface area contributed by atoms with Crippen molar-refractivity contribution in [1.29, 1.82) is 0 Å². The summed E-state index contributed by atoms with van der Waals surface area (Å²) < 4.78 is 89.8. The summed E-state index contributed by atoms with van der Waals surface area (Å²) in [6.07, 6.45) is -9.03. The second-order valence-electron chi connectivity index (χ2n) is 20.0. The molecule has 5 nitrogen and oxygen atoms in total. The van der Waals surface area contributed by atoms with Crippen molar-refractivity contribution in [2.75, 3.05) is 0 Å². The number of hydrogen-bond donors (Lipinski definition) is 0. The Morgan fingerprint density at radius 3 is 1.44 bits per heavy atom. The standard InChI is InChI=1S/C68H45F6N5/c1-40-23-31-62(79-60-21-13-11-19-52(60)57-38-46(25-33-63(57)79)50-28-22-41(2)35-58(50)68(72,73)74)55(34-40)54-39-48(27-30-53(54)66-76-64(43-14-6-4-7-15-43)75-65(77-66)44-16-8-5-9-17-44)78-59-20-12-10-18-51(59)56-37-45(24-32-61(56)78)49-29-26-47(36-42(49)3)67(69,70)71/h4-39H,1-3H3. The van der Waals surface area contributed by atoms with Crippen LogP contribution in [0.2, 0.25) is 0 Å². The number of rotatable bonds is 8. The van der Waals surface area contributed by atoms with E-state index in [0.717, 1.165) is 100.0 Å². The number of halogens is 6. The molecule has 0 saturated carbocycles. The molecule has 0 amide bonds. The molecule has 0 saturated heterocycles. The van der Waals surface area contributed by atoms with E-state index >= 15 is 0 Å². The first-order chi connectivity index (χ1) is 38.2. The van der Waals surface area contributed by atoms with Crippen molar-refractivity contribution >= 4 is 43.6 Å². The molecule has 0 spiro atoms. The topological polar surface area (TPSA) is 48.5 Å². The van der Waals surface area contributed by atoms with Crippen molar-refractivity contribution in [2.24, 2.45) is 0 Å². The minimum atomic E-state index is -4.56. The molecule has 3 aromatic heterocycles. The second-order valence-corrected chi connectivity index (χ2v) is 20.0. The zero-order valence-electron chi connectivity index (χ0n) is 42.8. The first-order valence-electron chi connectivity index (χ1n) is 25.7. The lowest BCUT2D eigenvalue weighted by molar-refractivity contribution is -0.138. The first kappa shape index (κ1) is 49.0. The minimum absolute atomic E-state index is 0.104.